The maximum absolute atomic E-state index is 11.8. The van der Waals surface area contributed by atoms with E-state index in [-0.39, 0.29) is 5.92 Å². The first-order valence-corrected chi connectivity index (χ1v) is 8.12. The van der Waals surface area contributed by atoms with Gasteiger partial charge in [-0.1, -0.05) is 60.7 Å². The molecule has 0 radical (unpaired) electrons. The minimum Gasteiger partial charge on any atom is -0.444 e. The van der Waals surface area contributed by atoms with E-state index in [1.165, 1.54) is 0 Å². The van der Waals surface area contributed by atoms with Crippen LogP contribution in [0.15, 0.2) is 60.7 Å². The van der Waals surface area contributed by atoms with Gasteiger partial charge in [0.25, 0.3) is 0 Å². The van der Waals surface area contributed by atoms with Gasteiger partial charge in [0.15, 0.2) is 0 Å². The number of aliphatic hydroxyl groups excluding tert-OH is 1. The summed E-state index contributed by atoms with van der Waals surface area (Å²) in [7, 11) is 0. The van der Waals surface area contributed by atoms with E-state index in [1.807, 2.05) is 60.7 Å². The topological polar surface area (TPSA) is 58.6 Å². The van der Waals surface area contributed by atoms with Gasteiger partial charge in [-0.3, -0.25) is 5.32 Å². The number of benzene rings is 2. The summed E-state index contributed by atoms with van der Waals surface area (Å²) in [6.07, 6.45) is -1.24. The summed E-state index contributed by atoms with van der Waals surface area (Å²) in [6, 6.07) is 19.9. The largest absolute Gasteiger partial charge is 0.444 e. The first-order chi connectivity index (χ1) is 11.3. The molecule has 24 heavy (non-hydrogen) atoms. The van der Waals surface area contributed by atoms with Crippen LogP contribution < -0.4 is 5.32 Å². The van der Waals surface area contributed by atoms with Crippen molar-refractivity contribution < 1.29 is 14.6 Å². The quantitative estimate of drug-likeness (QED) is 0.815. The molecule has 0 aliphatic carbocycles. The number of hydrogen-bond acceptors (Lipinski definition) is 3. The lowest BCUT2D eigenvalue weighted by molar-refractivity contribution is 0.0338. The zero-order valence-corrected chi connectivity index (χ0v) is 14.4. The Bertz CT molecular complexity index is 595. The third kappa shape index (κ3) is 5.70. The highest BCUT2D eigenvalue weighted by molar-refractivity contribution is 5.67. The summed E-state index contributed by atoms with van der Waals surface area (Å²) in [5, 5.41) is 12.8. The Kier molecular flexibility index (Phi) is 5.99. The number of rotatable bonds is 5. The number of hydrogen-bond donors (Lipinski definition) is 2. The Hall–Kier alpha value is -2.33. The van der Waals surface area contributed by atoms with E-state index in [1.54, 1.807) is 20.8 Å². The molecule has 0 saturated carbocycles. The highest BCUT2D eigenvalue weighted by Crippen LogP contribution is 2.28. The van der Waals surface area contributed by atoms with Crippen LogP contribution in [-0.4, -0.2) is 23.0 Å². The second-order valence-electron chi connectivity index (χ2n) is 6.77. The van der Waals surface area contributed by atoms with Crippen LogP contribution >= 0.6 is 0 Å². The molecule has 2 rings (SSSR count). The molecule has 0 aliphatic heterocycles. The maximum Gasteiger partial charge on any atom is 0.409 e. The van der Waals surface area contributed by atoms with Gasteiger partial charge in [-0.25, -0.2) is 4.79 Å². The fourth-order valence-electron chi connectivity index (χ4n) is 2.56. The minimum absolute atomic E-state index is 0.0164. The molecule has 0 aliphatic rings. The lowest BCUT2D eigenvalue weighted by atomic mass is 9.88. The van der Waals surface area contributed by atoms with Gasteiger partial charge in [-0.05, 0) is 31.9 Å². The van der Waals surface area contributed by atoms with Crippen LogP contribution in [0, 0.1) is 0 Å². The van der Waals surface area contributed by atoms with Gasteiger partial charge in [0, 0.05) is 12.3 Å². The highest BCUT2D eigenvalue weighted by atomic mass is 16.6. The molecule has 4 heteroatoms. The Labute approximate surface area is 143 Å². The number of carbonyl (C=O) groups is 1. The molecule has 2 N–H and O–H groups in total. The Morgan fingerprint density at radius 1 is 1.00 bits per heavy atom. The predicted octanol–water partition coefficient (Wildman–Crippen LogP) is 4.05. The van der Waals surface area contributed by atoms with Crippen molar-refractivity contribution in [1.82, 2.24) is 5.32 Å². The van der Waals surface area contributed by atoms with Crippen LogP contribution in [0.3, 0.4) is 0 Å². The molecule has 128 valence electrons. The van der Waals surface area contributed by atoms with Gasteiger partial charge < -0.3 is 9.84 Å². The van der Waals surface area contributed by atoms with E-state index >= 15 is 0 Å². The van der Waals surface area contributed by atoms with Crippen molar-refractivity contribution in [3.63, 3.8) is 0 Å². The SMILES string of the molecule is CC(C)(C)OC(=O)NC(O)CC(c1ccccc1)c1ccccc1. The van der Waals surface area contributed by atoms with Gasteiger partial charge >= 0.3 is 6.09 Å². The maximum atomic E-state index is 11.8. The van der Waals surface area contributed by atoms with Crippen molar-refractivity contribution in [2.24, 2.45) is 0 Å². The molecule has 0 bridgehead atoms. The summed E-state index contributed by atoms with van der Waals surface area (Å²) in [6.45, 7) is 5.36. The molecule has 1 atom stereocenters. The van der Waals surface area contributed by atoms with Crippen LogP contribution in [0.4, 0.5) is 4.79 Å². The number of ether oxygens (including phenoxy) is 1. The highest BCUT2D eigenvalue weighted by Gasteiger charge is 2.22. The van der Waals surface area contributed by atoms with Crippen LogP contribution in [0.2, 0.25) is 0 Å². The molecule has 2 aromatic carbocycles. The van der Waals surface area contributed by atoms with Gasteiger partial charge in [-0.2, -0.15) is 0 Å². The molecule has 1 unspecified atom stereocenters. The van der Waals surface area contributed by atoms with Crippen molar-refractivity contribution in [2.75, 3.05) is 0 Å². The van der Waals surface area contributed by atoms with Crippen LogP contribution in [0.1, 0.15) is 44.2 Å². The predicted molar refractivity (Wildman–Crippen MR) is 94.7 cm³/mol. The molecule has 4 nitrogen and oxygen atoms in total. The monoisotopic (exact) mass is 327 g/mol. The van der Waals surface area contributed by atoms with Crippen LogP contribution in [-0.2, 0) is 4.74 Å². The number of aliphatic hydroxyl groups is 1. The second kappa shape index (κ2) is 7.97. The Balaban J connectivity index is 2.10. The third-order valence-corrected chi connectivity index (χ3v) is 3.55. The molecular weight excluding hydrogens is 302 g/mol. The van der Waals surface area contributed by atoms with Crippen molar-refractivity contribution in [3.8, 4) is 0 Å². The number of nitrogens with one attached hydrogen (secondary N) is 1. The normalized spacial score (nSPS) is 12.7. The summed E-state index contributed by atoms with van der Waals surface area (Å²) < 4.78 is 5.19. The van der Waals surface area contributed by atoms with E-state index < -0.39 is 17.9 Å². The average Bonchev–Trinajstić information content (AvgIpc) is 2.52. The number of alkyl carbamates (subject to hydrolysis) is 1. The smallest absolute Gasteiger partial charge is 0.409 e. The lowest BCUT2D eigenvalue weighted by Gasteiger charge is -2.24. The average molecular weight is 327 g/mol. The number of carbonyl (C=O) groups excluding carboxylic acids is 1. The van der Waals surface area contributed by atoms with Gasteiger partial charge in [0.1, 0.15) is 11.8 Å². The van der Waals surface area contributed by atoms with E-state index in [4.69, 9.17) is 4.74 Å². The molecule has 0 saturated heterocycles. The zero-order chi connectivity index (χ0) is 17.6. The summed E-state index contributed by atoms with van der Waals surface area (Å²) in [5.41, 5.74) is 1.59. The standard InChI is InChI=1S/C20H25NO3/c1-20(2,3)24-19(23)21-18(22)14-17(15-10-6-4-7-11-15)16-12-8-5-9-13-16/h4-13,17-18,22H,14H2,1-3H3,(H,21,23). The van der Waals surface area contributed by atoms with Crippen molar-refractivity contribution in [3.05, 3.63) is 71.8 Å². The van der Waals surface area contributed by atoms with Crippen molar-refractivity contribution in [2.45, 2.75) is 44.9 Å². The Morgan fingerprint density at radius 2 is 1.46 bits per heavy atom. The minimum atomic E-state index is -0.995. The summed E-state index contributed by atoms with van der Waals surface area (Å²) in [4.78, 5) is 11.8. The van der Waals surface area contributed by atoms with Crippen molar-refractivity contribution in [1.29, 1.82) is 0 Å². The molecule has 2 aromatic rings. The summed E-state index contributed by atoms with van der Waals surface area (Å²) >= 11 is 0. The van der Waals surface area contributed by atoms with E-state index in [0.29, 0.717) is 6.42 Å². The van der Waals surface area contributed by atoms with E-state index in [0.717, 1.165) is 11.1 Å². The first kappa shape index (κ1) is 18.0. The molecule has 0 spiro atoms. The number of amides is 1. The third-order valence-electron chi connectivity index (χ3n) is 3.55. The first-order valence-electron chi connectivity index (χ1n) is 8.12. The van der Waals surface area contributed by atoms with Crippen molar-refractivity contribution >= 4 is 6.09 Å². The van der Waals surface area contributed by atoms with Gasteiger partial charge in [-0.15, -0.1) is 0 Å². The van der Waals surface area contributed by atoms with Gasteiger partial charge in [0.05, 0.1) is 0 Å². The lowest BCUT2D eigenvalue weighted by Crippen LogP contribution is -2.39. The summed E-state index contributed by atoms with van der Waals surface area (Å²) in [5.74, 6) is -0.0164. The Morgan fingerprint density at radius 3 is 1.88 bits per heavy atom. The molecule has 0 heterocycles. The van der Waals surface area contributed by atoms with E-state index in [2.05, 4.69) is 5.32 Å². The van der Waals surface area contributed by atoms with Crippen LogP contribution in [0.5, 0.6) is 0 Å². The molecule has 0 fully saturated rings. The van der Waals surface area contributed by atoms with Gasteiger partial charge in [0.2, 0.25) is 0 Å². The second-order valence-corrected chi connectivity index (χ2v) is 6.77. The molecular formula is C20H25NO3. The molecule has 0 aromatic heterocycles. The van der Waals surface area contributed by atoms with Crippen LogP contribution in [0.25, 0.3) is 0 Å². The van der Waals surface area contributed by atoms with E-state index in [9.17, 15) is 9.90 Å². The fourth-order valence-corrected chi connectivity index (χ4v) is 2.56. The fraction of sp³-hybridized carbons (Fsp3) is 0.350. The zero-order valence-electron chi connectivity index (χ0n) is 14.4. The molecule has 1 amide bonds.